The van der Waals surface area contributed by atoms with Crippen molar-refractivity contribution < 1.29 is 18.3 Å². The number of alkyl halides is 2. The molecule has 0 aliphatic heterocycles. The SMILES string of the molecule is CCOC(=O)C#Cc1ccc(SC(F)F)cc1. The number of benzene rings is 1. The number of ether oxygens (including phenoxy) is 1. The number of esters is 1. The lowest BCUT2D eigenvalue weighted by Gasteiger charge is -1.99. The topological polar surface area (TPSA) is 26.3 Å². The van der Waals surface area contributed by atoms with E-state index in [1.54, 1.807) is 19.1 Å². The van der Waals surface area contributed by atoms with Gasteiger partial charge in [0.25, 0.3) is 5.76 Å². The third kappa shape index (κ3) is 5.36. The molecule has 0 radical (unpaired) electrons. The average molecular weight is 256 g/mol. The zero-order valence-electron chi connectivity index (χ0n) is 9.07. The van der Waals surface area contributed by atoms with E-state index in [1.165, 1.54) is 12.1 Å². The molecule has 0 spiro atoms. The van der Waals surface area contributed by atoms with E-state index in [1.807, 2.05) is 0 Å². The molecule has 0 N–H and O–H groups in total. The van der Waals surface area contributed by atoms with Crippen LogP contribution in [0.3, 0.4) is 0 Å². The first-order valence-electron chi connectivity index (χ1n) is 4.85. The Balaban J connectivity index is 2.65. The van der Waals surface area contributed by atoms with Crippen molar-refractivity contribution in [2.24, 2.45) is 0 Å². The summed E-state index contributed by atoms with van der Waals surface area (Å²) in [5.74, 6) is 1.85. The maximum atomic E-state index is 12.0. The van der Waals surface area contributed by atoms with Crippen LogP contribution in [-0.2, 0) is 9.53 Å². The Hall–Kier alpha value is -1.54. The summed E-state index contributed by atoms with van der Waals surface area (Å²) in [6.45, 7) is 1.97. The molecule has 1 aromatic carbocycles. The molecule has 17 heavy (non-hydrogen) atoms. The summed E-state index contributed by atoms with van der Waals surface area (Å²) in [4.78, 5) is 11.4. The molecular weight excluding hydrogens is 246 g/mol. The van der Waals surface area contributed by atoms with Crippen molar-refractivity contribution in [1.29, 1.82) is 0 Å². The van der Waals surface area contributed by atoms with Crippen molar-refractivity contribution in [3.63, 3.8) is 0 Å². The molecule has 0 saturated carbocycles. The van der Waals surface area contributed by atoms with Gasteiger partial charge in [0.1, 0.15) is 0 Å². The van der Waals surface area contributed by atoms with Gasteiger partial charge in [-0.25, -0.2) is 4.79 Å². The lowest BCUT2D eigenvalue weighted by molar-refractivity contribution is -0.136. The van der Waals surface area contributed by atoms with E-state index >= 15 is 0 Å². The highest BCUT2D eigenvalue weighted by Crippen LogP contribution is 2.24. The van der Waals surface area contributed by atoms with Crippen molar-refractivity contribution in [2.75, 3.05) is 6.61 Å². The highest BCUT2D eigenvalue weighted by Gasteiger charge is 2.04. The highest BCUT2D eigenvalue weighted by atomic mass is 32.2. The Labute approximate surface area is 102 Å². The number of carbonyl (C=O) groups excluding carboxylic acids is 1. The molecule has 0 saturated heterocycles. The number of halogens is 2. The Morgan fingerprint density at radius 3 is 2.59 bits per heavy atom. The Morgan fingerprint density at radius 2 is 2.06 bits per heavy atom. The van der Waals surface area contributed by atoms with Crippen molar-refractivity contribution in [3.8, 4) is 11.8 Å². The fourth-order valence-electron chi connectivity index (χ4n) is 1.01. The maximum absolute atomic E-state index is 12.0. The lowest BCUT2D eigenvalue weighted by atomic mass is 10.2. The van der Waals surface area contributed by atoms with Gasteiger partial charge in [0.05, 0.1) is 6.61 Å². The molecule has 0 atom stereocenters. The molecule has 5 heteroatoms. The van der Waals surface area contributed by atoms with Crippen LogP contribution in [0.25, 0.3) is 0 Å². The van der Waals surface area contributed by atoms with Crippen LogP contribution in [0.4, 0.5) is 8.78 Å². The second-order valence-corrected chi connectivity index (χ2v) is 3.94. The van der Waals surface area contributed by atoms with E-state index in [2.05, 4.69) is 16.6 Å². The van der Waals surface area contributed by atoms with Crippen LogP contribution in [-0.4, -0.2) is 18.3 Å². The monoisotopic (exact) mass is 256 g/mol. The molecule has 0 amide bonds. The van der Waals surface area contributed by atoms with Crippen LogP contribution < -0.4 is 0 Å². The van der Waals surface area contributed by atoms with Crippen molar-refractivity contribution in [2.45, 2.75) is 17.6 Å². The Kier molecular flexibility index (Phi) is 5.50. The summed E-state index contributed by atoms with van der Waals surface area (Å²) in [6, 6.07) is 6.23. The minimum Gasteiger partial charge on any atom is -0.456 e. The van der Waals surface area contributed by atoms with Gasteiger partial charge in [0.2, 0.25) is 0 Å². The van der Waals surface area contributed by atoms with Gasteiger partial charge in [-0.2, -0.15) is 8.78 Å². The molecule has 1 aromatic rings. The molecule has 0 heterocycles. The predicted octanol–water partition coefficient (Wildman–Crippen LogP) is 2.92. The van der Waals surface area contributed by atoms with Gasteiger partial charge in [-0.3, -0.25) is 0 Å². The van der Waals surface area contributed by atoms with E-state index in [0.29, 0.717) is 22.2 Å². The van der Waals surface area contributed by atoms with Crippen molar-refractivity contribution >= 4 is 17.7 Å². The summed E-state index contributed by atoms with van der Waals surface area (Å²) in [7, 11) is 0. The predicted molar refractivity (Wildman–Crippen MR) is 61.8 cm³/mol. The number of rotatable bonds is 3. The van der Waals surface area contributed by atoms with Crippen LogP contribution in [0.5, 0.6) is 0 Å². The van der Waals surface area contributed by atoms with Crippen LogP contribution >= 0.6 is 11.8 Å². The van der Waals surface area contributed by atoms with Crippen LogP contribution in [0.1, 0.15) is 12.5 Å². The zero-order chi connectivity index (χ0) is 12.7. The van der Waals surface area contributed by atoms with Gasteiger partial charge in [-0.1, -0.05) is 17.7 Å². The van der Waals surface area contributed by atoms with Crippen molar-refractivity contribution in [3.05, 3.63) is 29.8 Å². The molecule has 2 nitrogen and oxygen atoms in total. The second kappa shape index (κ2) is 6.92. The number of hydrogen-bond acceptors (Lipinski definition) is 3. The normalized spacial score (nSPS) is 9.65. The smallest absolute Gasteiger partial charge is 0.384 e. The fraction of sp³-hybridized carbons (Fsp3) is 0.250. The fourth-order valence-corrected chi connectivity index (χ4v) is 1.51. The average Bonchev–Trinajstić information content (AvgIpc) is 2.28. The van der Waals surface area contributed by atoms with E-state index in [-0.39, 0.29) is 6.61 Å². The number of carbonyl (C=O) groups is 1. The molecule has 90 valence electrons. The molecule has 0 bridgehead atoms. The minimum atomic E-state index is -2.44. The zero-order valence-corrected chi connectivity index (χ0v) is 9.89. The maximum Gasteiger partial charge on any atom is 0.384 e. The highest BCUT2D eigenvalue weighted by molar-refractivity contribution is 7.99. The summed E-state index contributed by atoms with van der Waals surface area (Å²) in [5.41, 5.74) is 0.580. The number of hydrogen-bond donors (Lipinski definition) is 0. The Morgan fingerprint density at radius 1 is 1.41 bits per heavy atom. The first-order chi connectivity index (χ1) is 8.11. The second-order valence-electron chi connectivity index (χ2n) is 2.87. The molecule has 0 fully saturated rings. The van der Waals surface area contributed by atoms with E-state index in [4.69, 9.17) is 0 Å². The van der Waals surface area contributed by atoms with Gasteiger partial charge >= 0.3 is 5.97 Å². The van der Waals surface area contributed by atoms with E-state index in [0.717, 1.165) is 0 Å². The van der Waals surface area contributed by atoms with Crippen molar-refractivity contribution in [1.82, 2.24) is 0 Å². The van der Waals surface area contributed by atoms with Crippen LogP contribution in [0, 0.1) is 11.8 Å². The largest absolute Gasteiger partial charge is 0.456 e. The van der Waals surface area contributed by atoms with E-state index < -0.39 is 11.7 Å². The minimum absolute atomic E-state index is 0.275. The van der Waals surface area contributed by atoms with Gasteiger partial charge in [0.15, 0.2) is 0 Å². The number of thioether (sulfide) groups is 1. The van der Waals surface area contributed by atoms with Gasteiger partial charge in [0, 0.05) is 16.4 Å². The lowest BCUT2D eigenvalue weighted by Crippen LogP contribution is -1.99. The third-order valence-corrected chi connectivity index (χ3v) is 2.39. The third-order valence-electron chi connectivity index (χ3n) is 1.66. The summed E-state index contributed by atoms with van der Waals surface area (Å²) in [6.07, 6.45) is 0. The standard InChI is InChI=1S/C12H10F2O2S/c1-2-16-11(15)8-5-9-3-6-10(7-4-9)17-12(13)14/h3-4,6-7,12H,2H2,1H3. The first-order valence-corrected chi connectivity index (χ1v) is 5.73. The first kappa shape index (κ1) is 13.5. The van der Waals surface area contributed by atoms with Gasteiger partial charge < -0.3 is 4.74 Å². The molecule has 0 aliphatic carbocycles. The molecule has 0 unspecified atom stereocenters. The van der Waals surface area contributed by atoms with Gasteiger partial charge in [-0.15, -0.1) is 0 Å². The quantitative estimate of drug-likeness (QED) is 0.472. The van der Waals surface area contributed by atoms with E-state index in [9.17, 15) is 13.6 Å². The molecule has 0 aromatic heterocycles. The molecule has 1 rings (SSSR count). The summed E-state index contributed by atoms with van der Waals surface area (Å²) < 4.78 is 28.7. The van der Waals surface area contributed by atoms with Crippen LogP contribution in [0.15, 0.2) is 29.2 Å². The van der Waals surface area contributed by atoms with Crippen LogP contribution in [0.2, 0.25) is 0 Å². The van der Waals surface area contributed by atoms with Gasteiger partial charge in [-0.05, 0) is 31.2 Å². The molecule has 0 aliphatic rings. The Bertz CT molecular complexity index is 432. The molecular formula is C12H10F2O2S. The summed E-state index contributed by atoms with van der Waals surface area (Å²) >= 11 is 0.466. The summed E-state index contributed by atoms with van der Waals surface area (Å²) in [5, 5.41) is 0.